The average Bonchev–Trinajstić information content (AvgIpc) is 2.15. The van der Waals surface area contributed by atoms with Crippen molar-refractivity contribution in [3.8, 4) is 0 Å². The number of rotatable bonds is 3. The summed E-state index contributed by atoms with van der Waals surface area (Å²) >= 11 is 0. The summed E-state index contributed by atoms with van der Waals surface area (Å²) in [5, 5.41) is 0. The van der Waals surface area contributed by atoms with Gasteiger partial charge in [-0.05, 0) is 12.1 Å². The molecule has 0 aliphatic heterocycles. The number of hydrogen-bond donors (Lipinski definition) is 2. The van der Waals surface area contributed by atoms with E-state index < -0.39 is 15.9 Å². The minimum Gasteiger partial charge on any atom is -0.325 e. The minimum atomic E-state index is -3.54. The average molecular weight is 229 g/mol. The third kappa shape index (κ3) is 3.64. The fourth-order valence-corrected chi connectivity index (χ4v) is 1.41. The molecule has 0 saturated carbocycles. The van der Waals surface area contributed by atoms with Crippen molar-refractivity contribution in [3.63, 3.8) is 0 Å². The van der Waals surface area contributed by atoms with Gasteiger partial charge >= 0.3 is 0 Å². The molecule has 0 unspecified atom stereocenters. The monoisotopic (exact) mass is 229 g/mol. The Balaban J connectivity index is 2.92. The highest BCUT2D eigenvalue weighted by Gasteiger charge is 2.11. The van der Waals surface area contributed by atoms with Gasteiger partial charge in [0.2, 0.25) is 10.0 Å². The second-order valence-electron chi connectivity index (χ2n) is 2.94. The van der Waals surface area contributed by atoms with E-state index in [1.54, 1.807) is 0 Å². The van der Waals surface area contributed by atoms with Crippen LogP contribution in [0.15, 0.2) is 18.3 Å². The third-order valence-electron chi connectivity index (χ3n) is 1.57. The molecular weight excluding hydrogens is 218 g/mol. The first kappa shape index (κ1) is 11.6. The number of pyridine rings is 1. The number of nitrogens with zero attached hydrogens (tertiary/aromatic N) is 1. The van der Waals surface area contributed by atoms with Crippen molar-refractivity contribution in [1.82, 2.24) is 9.71 Å². The minimum absolute atomic E-state index is 0.194. The zero-order valence-corrected chi connectivity index (χ0v) is 8.91. The number of amides is 1. The second kappa shape index (κ2) is 4.37. The van der Waals surface area contributed by atoms with Crippen LogP contribution in [0.2, 0.25) is 0 Å². The molecule has 1 aromatic rings. The van der Waals surface area contributed by atoms with Gasteiger partial charge in [0, 0.05) is 18.3 Å². The predicted molar refractivity (Wildman–Crippen MR) is 54.4 cm³/mol. The zero-order valence-electron chi connectivity index (χ0n) is 8.10. The van der Waals surface area contributed by atoms with Gasteiger partial charge in [0.05, 0.1) is 11.9 Å². The van der Waals surface area contributed by atoms with E-state index in [-0.39, 0.29) is 12.1 Å². The van der Waals surface area contributed by atoms with Gasteiger partial charge in [0.1, 0.15) is 0 Å². The number of nitrogens with two attached hydrogens (primary N) is 1. The number of aromatic nitrogens is 1. The second-order valence-corrected chi connectivity index (χ2v) is 4.69. The highest BCUT2D eigenvalue weighted by molar-refractivity contribution is 7.89. The van der Waals surface area contributed by atoms with Crippen LogP contribution in [0.5, 0.6) is 0 Å². The third-order valence-corrected chi connectivity index (χ3v) is 2.12. The Morgan fingerprint density at radius 1 is 1.60 bits per heavy atom. The predicted octanol–water partition coefficient (Wildman–Crippen LogP) is -0.770. The normalized spacial score (nSPS) is 11.1. The van der Waals surface area contributed by atoms with E-state index in [9.17, 15) is 13.2 Å². The van der Waals surface area contributed by atoms with Crippen molar-refractivity contribution < 1.29 is 13.2 Å². The Bertz CT molecular complexity index is 470. The Labute approximate surface area is 87.6 Å². The molecule has 7 heteroatoms. The highest BCUT2D eigenvalue weighted by Crippen LogP contribution is 2.01. The molecule has 1 rings (SSSR count). The lowest BCUT2D eigenvalue weighted by atomic mass is 10.2. The van der Waals surface area contributed by atoms with Gasteiger partial charge in [0.25, 0.3) is 5.91 Å². The standard InChI is InChI=1S/C8H11N3O3S/c1-15(13,14)11-8(12)6-2-3-10-7(4-6)5-9/h2-4H,5,9H2,1H3,(H,11,12). The van der Waals surface area contributed by atoms with Crippen LogP contribution in [-0.4, -0.2) is 25.6 Å². The van der Waals surface area contributed by atoms with E-state index in [0.717, 1.165) is 6.26 Å². The topological polar surface area (TPSA) is 102 Å². The molecule has 0 fully saturated rings. The van der Waals surface area contributed by atoms with Crippen molar-refractivity contribution in [2.75, 3.05) is 6.26 Å². The SMILES string of the molecule is CS(=O)(=O)NC(=O)c1ccnc(CN)c1. The van der Waals surface area contributed by atoms with Crippen LogP contribution in [0, 0.1) is 0 Å². The van der Waals surface area contributed by atoms with Crippen molar-refractivity contribution in [2.24, 2.45) is 5.73 Å². The molecule has 1 aromatic heterocycles. The molecule has 0 aromatic carbocycles. The van der Waals surface area contributed by atoms with Crippen molar-refractivity contribution in [1.29, 1.82) is 0 Å². The molecule has 0 spiro atoms. The van der Waals surface area contributed by atoms with E-state index in [1.807, 2.05) is 4.72 Å². The molecule has 0 saturated heterocycles. The molecule has 0 aliphatic rings. The van der Waals surface area contributed by atoms with E-state index in [4.69, 9.17) is 5.73 Å². The summed E-state index contributed by atoms with van der Waals surface area (Å²) in [5.74, 6) is -0.686. The number of hydrogen-bond acceptors (Lipinski definition) is 5. The summed E-state index contributed by atoms with van der Waals surface area (Å²) in [6.45, 7) is 0.194. The number of sulfonamides is 1. The Kier molecular flexibility index (Phi) is 3.38. The van der Waals surface area contributed by atoms with E-state index in [2.05, 4.69) is 4.98 Å². The maximum atomic E-state index is 11.4. The number of carbonyl (C=O) groups is 1. The largest absolute Gasteiger partial charge is 0.325 e. The molecule has 1 heterocycles. The van der Waals surface area contributed by atoms with Gasteiger partial charge < -0.3 is 5.73 Å². The van der Waals surface area contributed by atoms with E-state index in [1.165, 1.54) is 18.3 Å². The van der Waals surface area contributed by atoms with Crippen molar-refractivity contribution in [3.05, 3.63) is 29.6 Å². The molecule has 0 aliphatic carbocycles. The van der Waals surface area contributed by atoms with Gasteiger partial charge in [0.15, 0.2) is 0 Å². The lowest BCUT2D eigenvalue weighted by Gasteiger charge is -2.03. The Hall–Kier alpha value is -1.47. The molecule has 0 bridgehead atoms. The molecule has 6 nitrogen and oxygen atoms in total. The number of nitrogens with one attached hydrogen (secondary N) is 1. The fourth-order valence-electron chi connectivity index (χ4n) is 0.958. The molecule has 82 valence electrons. The van der Waals surface area contributed by atoms with Crippen LogP contribution >= 0.6 is 0 Å². The van der Waals surface area contributed by atoms with E-state index in [0.29, 0.717) is 5.69 Å². The van der Waals surface area contributed by atoms with Gasteiger partial charge in [-0.3, -0.25) is 9.78 Å². The van der Waals surface area contributed by atoms with Crippen LogP contribution in [0.25, 0.3) is 0 Å². The maximum absolute atomic E-state index is 11.4. The molecule has 1 amide bonds. The van der Waals surface area contributed by atoms with Crippen LogP contribution in [0.1, 0.15) is 16.1 Å². The van der Waals surface area contributed by atoms with Crippen LogP contribution in [0.4, 0.5) is 0 Å². The lowest BCUT2D eigenvalue weighted by Crippen LogP contribution is -2.29. The lowest BCUT2D eigenvalue weighted by molar-refractivity contribution is 0.0981. The van der Waals surface area contributed by atoms with Crippen LogP contribution < -0.4 is 10.5 Å². The molecule has 3 N–H and O–H groups in total. The molecule has 0 atom stereocenters. The maximum Gasteiger partial charge on any atom is 0.264 e. The number of carbonyl (C=O) groups excluding carboxylic acids is 1. The van der Waals surface area contributed by atoms with Gasteiger partial charge in [-0.15, -0.1) is 0 Å². The fraction of sp³-hybridized carbons (Fsp3) is 0.250. The summed E-state index contributed by atoms with van der Waals surface area (Å²) in [5.41, 5.74) is 6.08. The first-order chi connectivity index (χ1) is 6.92. The first-order valence-electron chi connectivity index (χ1n) is 4.09. The smallest absolute Gasteiger partial charge is 0.264 e. The van der Waals surface area contributed by atoms with Gasteiger partial charge in [-0.2, -0.15) is 0 Å². The van der Waals surface area contributed by atoms with Gasteiger partial charge in [-0.25, -0.2) is 13.1 Å². The first-order valence-corrected chi connectivity index (χ1v) is 5.98. The summed E-state index contributed by atoms with van der Waals surface area (Å²) in [6, 6.07) is 2.86. The van der Waals surface area contributed by atoms with Crippen LogP contribution in [-0.2, 0) is 16.6 Å². The summed E-state index contributed by atoms with van der Waals surface area (Å²) in [4.78, 5) is 15.3. The Morgan fingerprint density at radius 2 is 2.27 bits per heavy atom. The van der Waals surface area contributed by atoms with Crippen molar-refractivity contribution in [2.45, 2.75) is 6.54 Å². The van der Waals surface area contributed by atoms with Crippen LogP contribution in [0.3, 0.4) is 0 Å². The van der Waals surface area contributed by atoms with Gasteiger partial charge in [-0.1, -0.05) is 0 Å². The summed E-state index contributed by atoms with van der Waals surface area (Å²) in [7, 11) is -3.54. The zero-order chi connectivity index (χ0) is 11.5. The summed E-state index contributed by atoms with van der Waals surface area (Å²) in [6.07, 6.45) is 2.31. The molecule has 15 heavy (non-hydrogen) atoms. The molecule has 0 radical (unpaired) electrons. The van der Waals surface area contributed by atoms with E-state index >= 15 is 0 Å². The molecular formula is C8H11N3O3S. The highest BCUT2D eigenvalue weighted by atomic mass is 32.2. The summed E-state index contributed by atoms with van der Waals surface area (Å²) < 4.78 is 23.4. The quantitative estimate of drug-likeness (QED) is 0.708. The van der Waals surface area contributed by atoms with Crippen molar-refractivity contribution >= 4 is 15.9 Å². The Morgan fingerprint density at radius 3 is 2.80 bits per heavy atom.